The number of piperidine rings is 1. The molecule has 1 saturated heterocycles. The maximum atomic E-state index is 12.8. The van der Waals surface area contributed by atoms with E-state index in [-0.39, 0.29) is 11.8 Å². The van der Waals surface area contributed by atoms with Gasteiger partial charge in [0.15, 0.2) is 5.82 Å². The first kappa shape index (κ1) is 19.9. The van der Waals surface area contributed by atoms with Crippen LogP contribution < -0.4 is 10.2 Å². The van der Waals surface area contributed by atoms with E-state index in [1.54, 1.807) is 6.33 Å². The fourth-order valence-electron chi connectivity index (χ4n) is 3.88. The molecule has 3 aromatic heterocycles. The first-order valence-corrected chi connectivity index (χ1v) is 10.1. The predicted octanol–water partition coefficient (Wildman–Crippen LogP) is 2.54. The first-order chi connectivity index (χ1) is 14.4. The average Bonchev–Trinajstić information content (AvgIpc) is 3.05. The van der Waals surface area contributed by atoms with Gasteiger partial charge < -0.3 is 4.90 Å². The van der Waals surface area contributed by atoms with Crippen LogP contribution >= 0.6 is 0 Å². The molecule has 0 aliphatic carbocycles. The van der Waals surface area contributed by atoms with Crippen LogP contribution in [0, 0.1) is 33.6 Å². The highest BCUT2D eigenvalue weighted by atomic mass is 16.2. The van der Waals surface area contributed by atoms with Crippen molar-refractivity contribution in [2.75, 3.05) is 23.3 Å². The molecule has 3 aromatic rings. The summed E-state index contributed by atoms with van der Waals surface area (Å²) in [6.45, 7) is 9.17. The van der Waals surface area contributed by atoms with E-state index in [1.165, 1.54) is 0 Å². The Labute approximate surface area is 175 Å². The summed E-state index contributed by atoms with van der Waals surface area (Å²) in [5.74, 6) is 1.67. The van der Waals surface area contributed by atoms with Crippen molar-refractivity contribution in [2.45, 2.75) is 40.5 Å². The zero-order valence-electron chi connectivity index (χ0n) is 17.8. The van der Waals surface area contributed by atoms with Gasteiger partial charge in [-0.3, -0.25) is 10.1 Å². The van der Waals surface area contributed by atoms with Crippen molar-refractivity contribution in [2.24, 2.45) is 5.92 Å². The first-order valence-electron chi connectivity index (χ1n) is 10.1. The van der Waals surface area contributed by atoms with Gasteiger partial charge in [0.05, 0.1) is 11.6 Å². The molecule has 9 nitrogen and oxygen atoms in total. The summed E-state index contributed by atoms with van der Waals surface area (Å²) in [4.78, 5) is 32.4. The number of nitrogens with zero attached hydrogens (tertiary/aromatic N) is 7. The molecule has 0 saturated carbocycles. The van der Waals surface area contributed by atoms with E-state index >= 15 is 0 Å². The van der Waals surface area contributed by atoms with Gasteiger partial charge >= 0.3 is 0 Å². The van der Waals surface area contributed by atoms with E-state index in [0.29, 0.717) is 12.5 Å². The van der Waals surface area contributed by atoms with Gasteiger partial charge in [0.25, 0.3) is 0 Å². The van der Waals surface area contributed by atoms with Crippen LogP contribution in [0.5, 0.6) is 0 Å². The summed E-state index contributed by atoms with van der Waals surface area (Å²) in [6.07, 6.45) is 3.28. The van der Waals surface area contributed by atoms with Crippen LogP contribution in [0.15, 0.2) is 24.5 Å². The molecule has 0 radical (unpaired) electrons. The van der Waals surface area contributed by atoms with Crippen LogP contribution in [0.4, 0.5) is 11.8 Å². The number of carbonyl (C=O) groups excluding carboxylic acids is 1. The molecule has 4 rings (SSSR count). The molecular formula is C21H26N8O. The summed E-state index contributed by atoms with van der Waals surface area (Å²) in [5, 5.41) is 7.38. The summed E-state index contributed by atoms with van der Waals surface area (Å²) < 4.78 is 1.81. The molecule has 1 fully saturated rings. The molecule has 0 bridgehead atoms. The number of rotatable bonds is 4. The second kappa shape index (κ2) is 8.17. The lowest BCUT2D eigenvalue weighted by Gasteiger charge is -2.32. The molecule has 1 atom stereocenters. The normalized spacial score (nSPS) is 16.5. The third-order valence-electron chi connectivity index (χ3n) is 5.20. The number of hydrogen-bond donors (Lipinski definition) is 1. The monoisotopic (exact) mass is 406 g/mol. The number of anilines is 2. The highest BCUT2D eigenvalue weighted by Crippen LogP contribution is 2.24. The summed E-state index contributed by atoms with van der Waals surface area (Å²) >= 11 is 0. The largest absolute Gasteiger partial charge is 0.356 e. The van der Waals surface area contributed by atoms with E-state index in [2.05, 4.69) is 35.3 Å². The quantitative estimate of drug-likeness (QED) is 0.710. The van der Waals surface area contributed by atoms with Gasteiger partial charge in [-0.25, -0.2) is 24.6 Å². The highest BCUT2D eigenvalue weighted by Gasteiger charge is 2.27. The SMILES string of the molecule is Cc1cc(C)nc(NC(=O)C2CCCN(c3cc(-n4nc(C)cc4C)ncn3)C2)n1. The molecule has 1 unspecified atom stereocenters. The van der Waals surface area contributed by atoms with Gasteiger partial charge in [0, 0.05) is 36.2 Å². The second-order valence-electron chi connectivity index (χ2n) is 7.82. The molecule has 1 amide bonds. The van der Waals surface area contributed by atoms with Crippen LogP contribution in [0.3, 0.4) is 0 Å². The van der Waals surface area contributed by atoms with Crippen molar-refractivity contribution >= 4 is 17.7 Å². The van der Waals surface area contributed by atoms with Crippen molar-refractivity contribution in [3.05, 3.63) is 47.3 Å². The Balaban J connectivity index is 1.49. The Morgan fingerprint density at radius 1 is 1.00 bits per heavy atom. The Morgan fingerprint density at radius 2 is 1.73 bits per heavy atom. The van der Waals surface area contributed by atoms with Crippen molar-refractivity contribution in [1.29, 1.82) is 0 Å². The van der Waals surface area contributed by atoms with Gasteiger partial charge in [-0.1, -0.05) is 0 Å². The topological polar surface area (TPSA) is 102 Å². The zero-order valence-corrected chi connectivity index (χ0v) is 17.8. The van der Waals surface area contributed by atoms with Gasteiger partial charge in [-0.2, -0.15) is 5.10 Å². The Kier molecular flexibility index (Phi) is 5.43. The fraction of sp³-hybridized carbons (Fsp3) is 0.429. The maximum Gasteiger partial charge on any atom is 0.231 e. The van der Waals surface area contributed by atoms with Crippen LogP contribution in [-0.4, -0.2) is 48.7 Å². The number of hydrogen-bond acceptors (Lipinski definition) is 7. The third kappa shape index (κ3) is 4.29. The van der Waals surface area contributed by atoms with Gasteiger partial charge in [-0.15, -0.1) is 0 Å². The van der Waals surface area contributed by atoms with Gasteiger partial charge in [-0.05, 0) is 52.7 Å². The summed E-state index contributed by atoms with van der Waals surface area (Å²) in [5.41, 5.74) is 3.62. The van der Waals surface area contributed by atoms with Crippen molar-refractivity contribution in [3.63, 3.8) is 0 Å². The molecule has 0 aromatic carbocycles. The fourth-order valence-corrected chi connectivity index (χ4v) is 3.88. The predicted molar refractivity (Wildman–Crippen MR) is 114 cm³/mol. The molecule has 156 valence electrons. The molecule has 9 heteroatoms. The third-order valence-corrected chi connectivity index (χ3v) is 5.20. The molecule has 1 aliphatic heterocycles. The second-order valence-corrected chi connectivity index (χ2v) is 7.82. The molecule has 4 heterocycles. The number of amides is 1. The Bertz CT molecular complexity index is 1060. The molecule has 1 N–H and O–H groups in total. The highest BCUT2D eigenvalue weighted by molar-refractivity contribution is 5.91. The molecule has 0 spiro atoms. The number of nitrogens with one attached hydrogen (secondary N) is 1. The van der Waals surface area contributed by atoms with E-state index < -0.39 is 0 Å². The van der Waals surface area contributed by atoms with Crippen LogP contribution in [0.25, 0.3) is 5.82 Å². The van der Waals surface area contributed by atoms with E-state index in [4.69, 9.17) is 0 Å². The van der Waals surface area contributed by atoms with Crippen molar-refractivity contribution < 1.29 is 4.79 Å². The number of carbonyl (C=O) groups is 1. The minimum atomic E-state index is -0.157. The molecule has 30 heavy (non-hydrogen) atoms. The lowest BCUT2D eigenvalue weighted by atomic mass is 9.97. The number of aromatic nitrogens is 6. The minimum Gasteiger partial charge on any atom is -0.356 e. The maximum absolute atomic E-state index is 12.8. The Morgan fingerprint density at radius 3 is 2.43 bits per heavy atom. The minimum absolute atomic E-state index is 0.0578. The standard InChI is InChI=1S/C21H26N8O/c1-13-8-14(2)25-21(24-13)26-20(30)17-6-5-7-28(11-17)18-10-19(23-12-22-18)29-16(4)9-15(3)27-29/h8-10,12,17H,5-7,11H2,1-4H3,(H,24,25,26,30). The van der Waals surface area contributed by atoms with Crippen molar-refractivity contribution in [1.82, 2.24) is 29.7 Å². The average molecular weight is 406 g/mol. The van der Waals surface area contributed by atoms with Gasteiger partial charge in [0.1, 0.15) is 12.1 Å². The zero-order chi connectivity index (χ0) is 21.3. The smallest absolute Gasteiger partial charge is 0.231 e. The lowest BCUT2D eigenvalue weighted by Crippen LogP contribution is -2.41. The van der Waals surface area contributed by atoms with Crippen LogP contribution in [0.2, 0.25) is 0 Å². The van der Waals surface area contributed by atoms with E-state index in [9.17, 15) is 4.79 Å². The number of aryl methyl sites for hydroxylation is 4. The van der Waals surface area contributed by atoms with E-state index in [0.717, 1.165) is 53.8 Å². The van der Waals surface area contributed by atoms with Crippen LogP contribution in [0.1, 0.15) is 35.6 Å². The summed E-state index contributed by atoms with van der Waals surface area (Å²) in [7, 11) is 0. The molecule has 1 aliphatic rings. The van der Waals surface area contributed by atoms with E-state index in [1.807, 2.05) is 50.6 Å². The van der Waals surface area contributed by atoms with Gasteiger partial charge in [0.2, 0.25) is 11.9 Å². The molecular weight excluding hydrogens is 380 g/mol. The van der Waals surface area contributed by atoms with Crippen LogP contribution in [-0.2, 0) is 4.79 Å². The van der Waals surface area contributed by atoms with Crippen molar-refractivity contribution in [3.8, 4) is 5.82 Å². The lowest BCUT2D eigenvalue weighted by molar-refractivity contribution is -0.120. The summed E-state index contributed by atoms with van der Waals surface area (Å²) in [6, 6.07) is 5.82. The Hall–Kier alpha value is -3.36.